The van der Waals surface area contributed by atoms with Crippen LogP contribution in [0.15, 0.2) is 78.9 Å². The van der Waals surface area contributed by atoms with E-state index in [-0.39, 0.29) is 46.2 Å². The van der Waals surface area contributed by atoms with E-state index in [2.05, 4.69) is 37.2 Å². The first-order chi connectivity index (χ1) is 47.7. The average molecular weight is 1560 g/mol. The van der Waals surface area contributed by atoms with Crippen molar-refractivity contribution in [2.45, 2.75) is 147 Å². The van der Waals surface area contributed by atoms with E-state index in [4.69, 9.17) is 63.1 Å². The molecule has 7 aliphatic heterocycles. The summed E-state index contributed by atoms with van der Waals surface area (Å²) in [5, 5.41) is 130. The maximum absolute atomic E-state index is 16.0. The number of alkyl halides is 1. The van der Waals surface area contributed by atoms with Gasteiger partial charge in [-0.2, -0.15) is 0 Å². The highest BCUT2D eigenvalue weighted by atomic mass is 127. The number of primary amides is 1. The lowest BCUT2D eigenvalue weighted by Gasteiger charge is -2.46. The second-order valence-electron chi connectivity index (χ2n) is 25.1. The van der Waals surface area contributed by atoms with Crippen LogP contribution in [0, 0.1) is 5.92 Å². The molecule has 7 aliphatic rings. The number of benzene rings is 5. The molecule has 2 fully saturated rings. The van der Waals surface area contributed by atoms with E-state index >= 15 is 14.4 Å². The van der Waals surface area contributed by atoms with E-state index in [0.717, 1.165) is 66.7 Å². The second-order valence-corrected chi connectivity index (χ2v) is 28.0. The van der Waals surface area contributed by atoms with Crippen LogP contribution in [0.25, 0.3) is 11.1 Å². The first-order valence-electron chi connectivity index (χ1n) is 31.3. The molecule has 7 heterocycles. The van der Waals surface area contributed by atoms with Crippen molar-refractivity contribution in [3.63, 3.8) is 0 Å². The number of nitrogens with one attached hydrogen (secondary N) is 7. The fourth-order valence-corrected chi connectivity index (χ4v) is 13.6. The molecule has 12 rings (SSSR count). The average Bonchev–Trinajstić information content (AvgIpc) is 0.775. The molecular formula is C65H72Cl2IN9O24. The van der Waals surface area contributed by atoms with Crippen molar-refractivity contribution in [2.24, 2.45) is 17.4 Å². The minimum absolute atomic E-state index is 0.0978. The SMILES string of the molecule is CN[C@H](CC(C)C)C(=O)N[C@H]1C(=O)N[C@@H](CC(N)=O)C(=O)N[C@H]2C(=O)N[C@H]3C(=O)N[C@H](C(=O)N[C@H](C(=O)O)c4cc(O)cc(O)c4-c4cc3ccc4O)[C@H](O)c3ccc(c(Cl)c3)Oc3cc2cc(c3OC2OC(CO)C(O)C(O)C2OC2CC(N)(I)C(O)C(C)O2)Oc2ccc(cc2Cl)[C@H]1O. The number of fused-ring (bicyclic) bond motifs is 15. The number of aliphatic hydroxyl groups excluding tert-OH is 6. The second kappa shape index (κ2) is 30.6. The lowest BCUT2D eigenvalue weighted by molar-refractivity contribution is -0.330. The number of hydrogen-bond donors (Lipinski definition) is 19. The number of aromatic hydroxyl groups is 3. The van der Waals surface area contributed by atoms with Crippen LogP contribution >= 0.6 is 45.8 Å². The van der Waals surface area contributed by atoms with Gasteiger partial charge in [-0.1, -0.05) is 77.8 Å². The van der Waals surface area contributed by atoms with Crippen molar-refractivity contribution in [1.82, 2.24) is 37.2 Å². The molecule has 101 heavy (non-hydrogen) atoms. The van der Waals surface area contributed by atoms with Crippen LogP contribution in [0.3, 0.4) is 0 Å². The Kier molecular flexibility index (Phi) is 22.8. The molecule has 18 atom stereocenters. The van der Waals surface area contributed by atoms with Crippen LogP contribution in [-0.4, -0.2) is 189 Å². The zero-order valence-electron chi connectivity index (χ0n) is 53.7. The third-order valence-electron chi connectivity index (χ3n) is 17.5. The van der Waals surface area contributed by atoms with Crippen LogP contribution in [0.1, 0.15) is 98.2 Å². The van der Waals surface area contributed by atoms with E-state index in [9.17, 15) is 75.0 Å². The van der Waals surface area contributed by atoms with Gasteiger partial charge in [-0.25, -0.2) is 4.79 Å². The van der Waals surface area contributed by atoms with E-state index in [0.29, 0.717) is 0 Å². The van der Waals surface area contributed by atoms with Crippen LogP contribution < -0.4 is 62.9 Å². The number of amides is 7. The fourth-order valence-electron chi connectivity index (χ4n) is 12.2. The van der Waals surface area contributed by atoms with Gasteiger partial charge < -0.3 is 128 Å². The smallest absolute Gasteiger partial charge is 0.330 e. The predicted molar refractivity (Wildman–Crippen MR) is 358 cm³/mol. The summed E-state index contributed by atoms with van der Waals surface area (Å²) in [7, 11) is 1.47. The summed E-state index contributed by atoms with van der Waals surface area (Å²) in [6.07, 6.45) is -18.6. The first kappa shape index (κ1) is 75.2. The quantitative estimate of drug-likeness (QED) is 0.0433. The van der Waals surface area contributed by atoms with Gasteiger partial charge in [0, 0.05) is 29.2 Å². The Morgan fingerprint density at radius 3 is 1.91 bits per heavy atom. The number of phenols is 3. The van der Waals surface area contributed by atoms with E-state index in [1.165, 1.54) is 26.1 Å². The van der Waals surface area contributed by atoms with Crippen molar-refractivity contribution in [1.29, 1.82) is 0 Å². The van der Waals surface area contributed by atoms with Crippen molar-refractivity contribution >= 4 is 93.1 Å². The Morgan fingerprint density at radius 1 is 0.723 bits per heavy atom. The molecule has 0 spiro atoms. The number of likely N-dealkylation sites (N-methyl/N-ethyl adjacent to an activating group) is 1. The van der Waals surface area contributed by atoms with Gasteiger partial charge >= 0.3 is 5.97 Å². The molecule has 5 aromatic carbocycles. The Labute approximate surface area is 597 Å². The largest absolute Gasteiger partial charge is 0.508 e. The molecule has 5 aromatic rings. The number of phenolic OH excluding ortho intramolecular Hbond substituents is 3. The van der Waals surface area contributed by atoms with E-state index in [1.54, 1.807) is 22.6 Å². The summed E-state index contributed by atoms with van der Waals surface area (Å²) in [5.74, 6) is -16.0. The lowest BCUT2D eigenvalue weighted by Crippen LogP contribution is -2.64. The van der Waals surface area contributed by atoms with Gasteiger partial charge in [0.05, 0.1) is 35.2 Å². The summed E-state index contributed by atoms with van der Waals surface area (Å²) in [6, 6.07) is -0.689. The van der Waals surface area contributed by atoms with Gasteiger partial charge in [0.25, 0.3) is 0 Å². The van der Waals surface area contributed by atoms with Crippen molar-refractivity contribution in [2.75, 3.05) is 13.7 Å². The highest BCUT2D eigenvalue weighted by molar-refractivity contribution is 14.1. The number of carbonyl (C=O) groups excluding carboxylic acids is 7. The van der Waals surface area contributed by atoms with Gasteiger partial charge in [-0.05, 0) is 103 Å². The molecule has 9 unspecified atom stereocenters. The van der Waals surface area contributed by atoms with Crippen LogP contribution in [0.5, 0.6) is 46.0 Å². The monoisotopic (exact) mass is 1560 g/mol. The number of ether oxygens (including phenoxy) is 6. The summed E-state index contributed by atoms with van der Waals surface area (Å²) >= 11 is 15.9. The highest BCUT2D eigenvalue weighted by Gasteiger charge is 2.52. The number of aliphatic hydroxyl groups is 6. The molecule has 0 aromatic heterocycles. The van der Waals surface area contributed by atoms with Gasteiger partial charge in [0.15, 0.2) is 29.9 Å². The van der Waals surface area contributed by atoms with Crippen LogP contribution in [0.4, 0.5) is 0 Å². The molecular weight excluding hydrogens is 1490 g/mol. The maximum atomic E-state index is 16.0. The first-order valence-corrected chi connectivity index (χ1v) is 33.1. The predicted octanol–water partition coefficient (Wildman–Crippen LogP) is 0.479. The molecule has 33 nitrogen and oxygen atoms in total. The Balaban J connectivity index is 1.24. The minimum Gasteiger partial charge on any atom is -0.508 e. The topological polar surface area (TPSA) is 530 Å². The zero-order valence-corrected chi connectivity index (χ0v) is 57.4. The Hall–Kier alpha value is -8.47. The van der Waals surface area contributed by atoms with Gasteiger partial charge in [0.1, 0.15) is 99.1 Å². The van der Waals surface area contributed by atoms with Crippen molar-refractivity contribution in [3.05, 3.63) is 117 Å². The van der Waals surface area contributed by atoms with Crippen molar-refractivity contribution in [3.8, 4) is 57.1 Å². The van der Waals surface area contributed by atoms with Gasteiger partial charge in [-0.3, -0.25) is 33.6 Å². The number of carbonyl (C=O) groups is 8. The molecule has 36 heteroatoms. The van der Waals surface area contributed by atoms with Gasteiger partial charge in [0.2, 0.25) is 53.4 Å². The third-order valence-corrected chi connectivity index (χ3v) is 19.1. The molecule has 0 saturated carbocycles. The number of halogens is 3. The van der Waals surface area contributed by atoms with Crippen LogP contribution in [0.2, 0.25) is 10.0 Å². The maximum Gasteiger partial charge on any atom is 0.330 e. The molecule has 7 amide bonds. The number of nitrogens with two attached hydrogens (primary N) is 2. The summed E-state index contributed by atoms with van der Waals surface area (Å²) in [6.45, 7) is 4.15. The summed E-state index contributed by atoms with van der Waals surface area (Å²) < 4.78 is 36.9. The number of carboxylic acid groups (broad SMARTS) is 1. The van der Waals surface area contributed by atoms with Crippen molar-refractivity contribution < 1.29 is 118 Å². The lowest BCUT2D eigenvalue weighted by atomic mass is 9.89. The standard InChI is InChI=1S/C65H72Cl2IN9O24/c1-22(2)11-33(71-4)57(88)76-48-50(83)25-6-9-37(31(66)13-25)97-39-15-27-16-40(54(39)101-64-55(53(86)52(85)41(21-78)99-64)100-43-20-65(68,70)56(87)23(3)96-43)98-38-10-7-26(14-32(38)67)51(84)49-62(93)75-47(63(94)95)30-17-28(79)18-36(81)44(30)29-12-24(5-8-35(29)80)45(59(90)77-49)74-60(91)46(27)73-58(89)34(19-42(69)82)72-61(48)92/h5-10,12-18,22-23,33-34,41,43,45-53,55-56,64,71,78-81,83-87H,11,19-21,70H2,1-4H3,(H2,69,82)(H,72,92)(H,73,89)(H,74,91)(H,75,93)(H,76,88)(H,77,90)(H,94,95)/t23?,33-,34+,41?,43?,45-,46-,47+,48-,49+,50-,51-,52?,53?,55?,56?,64?,65?/m1/s1. The summed E-state index contributed by atoms with van der Waals surface area (Å²) in [5.41, 5.74) is 9.37. The highest BCUT2D eigenvalue weighted by Crippen LogP contribution is 2.50. The van der Waals surface area contributed by atoms with Gasteiger partial charge in [-0.15, -0.1) is 0 Å². The molecule has 2 saturated heterocycles. The number of rotatable bonds is 13. The van der Waals surface area contributed by atoms with E-state index < -0.39 is 235 Å². The normalized spacial score (nSPS) is 29.4. The van der Waals surface area contributed by atoms with Crippen LogP contribution in [-0.2, 0) is 52.6 Å². The third kappa shape index (κ3) is 16.1. The molecule has 0 aliphatic carbocycles. The number of hydrogen-bond acceptors (Lipinski definition) is 25. The summed E-state index contributed by atoms with van der Waals surface area (Å²) in [4.78, 5) is 117. The Morgan fingerprint density at radius 2 is 1.33 bits per heavy atom. The molecule has 21 N–H and O–H groups in total. The number of carboxylic acids is 1. The fraction of sp³-hybridized carbons (Fsp3) is 0.415. The zero-order chi connectivity index (χ0) is 73.5. The molecule has 0 radical (unpaired) electrons. The molecule has 542 valence electrons. The van der Waals surface area contributed by atoms with E-state index in [1.807, 2.05) is 13.8 Å². The molecule has 11 bridgehead atoms. The number of aliphatic carboxylic acids is 1. The Bertz CT molecular complexity index is 4080. The minimum atomic E-state index is -2.35.